The molecule has 2 aromatic carbocycles. The Morgan fingerprint density at radius 3 is 2.52 bits per heavy atom. The topological polar surface area (TPSA) is 9.23 Å². The fourth-order valence-electron chi connectivity index (χ4n) is 5.32. The molecule has 1 heterocycles. The molecule has 23 heavy (non-hydrogen) atoms. The number of hydrogen-bond acceptors (Lipinski definition) is 1. The van der Waals surface area contributed by atoms with Gasteiger partial charge in [0, 0.05) is 17.4 Å². The molecule has 1 saturated carbocycles. The van der Waals surface area contributed by atoms with E-state index >= 15 is 0 Å². The Kier molecular flexibility index (Phi) is 3.04. The summed E-state index contributed by atoms with van der Waals surface area (Å²) in [5.41, 5.74) is 3.44. The molecule has 0 bridgehead atoms. The second-order valence-electron chi connectivity index (χ2n) is 7.51. The van der Waals surface area contributed by atoms with Crippen molar-refractivity contribution in [3.05, 3.63) is 53.3 Å². The lowest BCUT2D eigenvalue weighted by atomic mass is 9.60. The molecule has 118 valence electrons. The van der Waals surface area contributed by atoms with Crippen molar-refractivity contribution in [1.29, 1.82) is 0 Å². The van der Waals surface area contributed by atoms with Gasteiger partial charge in [0.25, 0.3) is 0 Å². The van der Waals surface area contributed by atoms with Crippen molar-refractivity contribution in [2.24, 2.45) is 0 Å². The summed E-state index contributed by atoms with van der Waals surface area (Å²) >= 11 is 0. The van der Waals surface area contributed by atoms with Crippen LogP contribution in [0.25, 0.3) is 10.8 Å². The van der Waals surface area contributed by atoms with Crippen LogP contribution in [0.1, 0.15) is 63.4 Å². The molecule has 0 saturated heterocycles. The number of ether oxygens (including phenoxy) is 1. The first kappa shape index (κ1) is 13.7. The summed E-state index contributed by atoms with van der Waals surface area (Å²) in [5.74, 6) is 2.46. The van der Waals surface area contributed by atoms with Crippen molar-refractivity contribution in [3.8, 4) is 5.75 Å². The molecule has 1 heteroatoms. The average Bonchev–Trinajstić information content (AvgIpc) is 2.62. The van der Waals surface area contributed by atoms with Crippen molar-refractivity contribution >= 4 is 10.8 Å². The molecule has 0 amide bonds. The van der Waals surface area contributed by atoms with E-state index in [9.17, 15) is 0 Å². The van der Waals surface area contributed by atoms with E-state index in [-0.39, 0.29) is 5.41 Å². The van der Waals surface area contributed by atoms with Gasteiger partial charge in [0.2, 0.25) is 0 Å². The lowest BCUT2D eigenvalue weighted by Gasteiger charge is -2.46. The Bertz CT molecular complexity index is 793. The van der Waals surface area contributed by atoms with Crippen LogP contribution in [0.2, 0.25) is 0 Å². The molecule has 0 atom stereocenters. The molecule has 0 radical (unpaired) electrons. The maximum atomic E-state index is 6.45. The first-order valence-electron chi connectivity index (χ1n) is 9.31. The molecule has 2 aromatic rings. The van der Waals surface area contributed by atoms with E-state index in [2.05, 4.69) is 36.4 Å². The third-order valence-electron chi connectivity index (χ3n) is 6.30. The summed E-state index contributed by atoms with van der Waals surface area (Å²) < 4.78 is 6.45. The minimum Gasteiger partial charge on any atom is -0.461 e. The number of hydrogen-bond donors (Lipinski definition) is 0. The van der Waals surface area contributed by atoms with Crippen LogP contribution < -0.4 is 4.74 Å². The van der Waals surface area contributed by atoms with Crippen LogP contribution in [0.15, 0.2) is 47.7 Å². The van der Waals surface area contributed by atoms with Crippen LogP contribution in [0, 0.1) is 0 Å². The van der Waals surface area contributed by atoms with Gasteiger partial charge >= 0.3 is 0 Å². The highest BCUT2D eigenvalue weighted by molar-refractivity contribution is 5.90. The first-order valence-corrected chi connectivity index (χ1v) is 9.31. The molecule has 3 aliphatic rings. The summed E-state index contributed by atoms with van der Waals surface area (Å²) in [5, 5.41) is 2.78. The molecule has 0 unspecified atom stereocenters. The highest BCUT2D eigenvalue weighted by Crippen LogP contribution is 2.56. The van der Waals surface area contributed by atoms with E-state index in [0.717, 1.165) is 12.2 Å². The van der Waals surface area contributed by atoms with Crippen LogP contribution in [-0.2, 0) is 5.41 Å². The highest BCUT2D eigenvalue weighted by atomic mass is 16.5. The van der Waals surface area contributed by atoms with Crippen LogP contribution >= 0.6 is 0 Å². The molecule has 0 N–H and O–H groups in total. The van der Waals surface area contributed by atoms with E-state index in [1.165, 1.54) is 73.5 Å². The molecule has 1 nitrogen and oxygen atoms in total. The summed E-state index contributed by atoms with van der Waals surface area (Å²) in [6, 6.07) is 13.4. The molecular formula is C22H24O. The second kappa shape index (κ2) is 5.12. The minimum atomic E-state index is 0.266. The Hall–Kier alpha value is -1.76. The van der Waals surface area contributed by atoms with Crippen LogP contribution in [0.4, 0.5) is 0 Å². The fourth-order valence-corrected chi connectivity index (χ4v) is 5.32. The summed E-state index contributed by atoms with van der Waals surface area (Å²) in [6.45, 7) is 0. The predicted molar refractivity (Wildman–Crippen MR) is 94.8 cm³/mol. The quantitative estimate of drug-likeness (QED) is 0.558. The maximum absolute atomic E-state index is 6.45. The van der Waals surface area contributed by atoms with Gasteiger partial charge in [0.1, 0.15) is 11.5 Å². The van der Waals surface area contributed by atoms with Gasteiger partial charge in [-0.3, -0.25) is 0 Å². The van der Waals surface area contributed by atoms with Gasteiger partial charge in [-0.2, -0.15) is 0 Å². The average molecular weight is 304 g/mol. The van der Waals surface area contributed by atoms with E-state index < -0.39 is 0 Å². The van der Waals surface area contributed by atoms with E-state index in [1.807, 2.05) is 0 Å². The summed E-state index contributed by atoms with van der Waals surface area (Å²) in [4.78, 5) is 0. The molecule has 1 spiro atoms. The molecule has 1 fully saturated rings. The van der Waals surface area contributed by atoms with Gasteiger partial charge in [0.05, 0.1) is 0 Å². The Morgan fingerprint density at radius 2 is 1.61 bits per heavy atom. The monoisotopic (exact) mass is 304 g/mol. The van der Waals surface area contributed by atoms with Crippen LogP contribution in [-0.4, -0.2) is 0 Å². The second-order valence-corrected chi connectivity index (χ2v) is 7.51. The summed E-state index contributed by atoms with van der Waals surface area (Å²) in [6.07, 6.45) is 11.8. The lowest BCUT2D eigenvalue weighted by molar-refractivity contribution is 0.259. The SMILES string of the molecule is c1ccc2c3c(ccc2c1)OC1=C(CCCC1)C31CCCCC1. The van der Waals surface area contributed by atoms with Crippen molar-refractivity contribution in [1.82, 2.24) is 0 Å². The third-order valence-corrected chi connectivity index (χ3v) is 6.30. The maximum Gasteiger partial charge on any atom is 0.131 e. The van der Waals surface area contributed by atoms with E-state index in [4.69, 9.17) is 4.74 Å². The molecule has 0 aromatic heterocycles. The zero-order valence-corrected chi connectivity index (χ0v) is 13.7. The molecule has 1 aliphatic heterocycles. The smallest absolute Gasteiger partial charge is 0.131 e. The first-order chi connectivity index (χ1) is 11.4. The predicted octanol–water partition coefficient (Wildman–Crippen LogP) is 6.26. The number of allylic oxidation sites excluding steroid dienone is 2. The van der Waals surface area contributed by atoms with Crippen molar-refractivity contribution in [2.75, 3.05) is 0 Å². The van der Waals surface area contributed by atoms with Crippen molar-refractivity contribution in [3.63, 3.8) is 0 Å². The van der Waals surface area contributed by atoms with Gasteiger partial charge in [-0.05, 0) is 54.5 Å². The van der Waals surface area contributed by atoms with E-state index in [1.54, 1.807) is 5.57 Å². The Morgan fingerprint density at radius 1 is 0.783 bits per heavy atom. The zero-order chi connectivity index (χ0) is 15.3. The minimum absolute atomic E-state index is 0.266. The fraction of sp³-hybridized carbons (Fsp3) is 0.455. The largest absolute Gasteiger partial charge is 0.461 e. The van der Waals surface area contributed by atoms with Gasteiger partial charge in [-0.1, -0.05) is 49.6 Å². The summed E-state index contributed by atoms with van der Waals surface area (Å²) in [7, 11) is 0. The van der Waals surface area contributed by atoms with Gasteiger partial charge in [-0.15, -0.1) is 0 Å². The van der Waals surface area contributed by atoms with Gasteiger partial charge in [-0.25, -0.2) is 0 Å². The van der Waals surface area contributed by atoms with Gasteiger partial charge in [0.15, 0.2) is 0 Å². The number of rotatable bonds is 0. The Labute approximate surface area is 138 Å². The highest BCUT2D eigenvalue weighted by Gasteiger charge is 2.45. The zero-order valence-electron chi connectivity index (χ0n) is 13.7. The van der Waals surface area contributed by atoms with Crippen molar-refractivity contribution < 1.29 is 4.74 Å². The normalized spacial score (nSPS) is 22.6. The standard InChI is InChI=1S/C22H24O/c1-6-14-22(15-7-1)18-10-4-5-11-19(18)23-20-13-12-16-8-2-3-9-17(16)21(20)22/h2-3,8-9,12-13H,1,4-7,10-11,14-15H2. The molecular weight excluding hydrogens is 280 g/mol. The molecule has 2 aliphatic carbocycles. The van der Waals surface area contributed by atoms with Crippen molar-refractivity contribution in [2.45, 2.75) is 63.2 Å². The number of benzene rings is 2. The van der Waals surface area contributed by atoms with E-state index in [0.29, 0.717) is 0 Å². The molecule has 5 rings (SSSR count). The van der Waals surface area contributed by atoms with Gasteiger partial charge < -0.3 is 4.74 Å². The number of fused-ring (bicyclic) bond motifs is 5. The third kappa shape index (κ3) is 1.92. The van der Waals surface area contributed by atoms with Crippen LogP contribution in [0.5, 0.6) is 5.75 Å². The Balaban J connectivity index is 1.82. The van der Waals surface area contributed by atoms with Crippen LogP contribution in [0.3, 0.4) is 0 Å². The lowest BCUT2D eigenvalue weighted by Crippen LogP contribution is -2.37.